The summed E-state index contributed by atoms with van der Waals surface area (Å²) in [6.45, 7) is 5.68. The average Bonchev–Trinajstić information content (AvgIpc) is 3.25. The standard InChI is InChI=1S/C14H22N4O3.ClH/c1-9-7-15-5-6-17(9)11(19)8-18-12(20)14(2,10-3-4-10)16-13(18)21;/h9-10,15H,3-8H2,1-2H3,(H,16,21);1H/t9-,14?;/m0./s1. The second-order valence-electron chi connectivity index (χ2n) is 6.44. The summed E-state index contributed by atoms with van der Waals surface area (Å²) < 4.78 is 0. The van der Waals surface area contributed by atoms with Gasteiger partial charge < -0.3 is 15.5 Å². The van der Waals surface area contributed by atoms with Crippen molar-refractivity contribution < 1.29 is 14.4 Å². The second kappa shape index (κ2) is 6.04. The van der Waals surface area contributed by atoms with Crippen molar-refractivity contribution in [3.63, 3.8) is 0 Å². The topological polar surface area (TPSA) is 81.8 Å². The largest absolute Gasteiger partial charge is 0.336 e. The Morgan fingerprint density at radius 2 is 2.05 bits per heavy atom. The molecule has 0 aromatic rings. The quantitative estimate of drug-likeness (QED) is 0.711. The third-order valence-electron chi connectivity index (χ3n) is 4.81. The van der Waals surface area contributed by atoms with Crippen molar-refractivity contribution in [1.82, 2.24) is 20.4 Å². The Bertz CT molecular complexity index is 496. The van der Waals surface area contributed by atoms with E-state index in [2.05, 4.69) is 10.6 Å². The molecule has 4 amide bonds. The maximum Gasteiger partial charge on any atom is 0.325 e. The SMILES string of the molecule is C[C@H]1CNCCN1C(=O)CN1C(=O)NC(C)(C2CC2)C1=O.Cl. The summed E-state index contributed by atoms with van der Waals surface area (Å²) in [5.74, 6) is -0.203. The number of imide groups is 1. The van der Waals surface area contributed by atoms with Crippen molar-refractivity contribution in [2.45, 2.75) is 38.3 Å². The van der Waals surface area contributed by atoms with Gasteiger partial charge in [0.2, 0.25) is 5.91 Å². The van der Waals surface area contributed by atoms with Crippen LogP contribution in [0.1, 0.15) is 26.7 Å². The van der Waals surface area contributed by atoms with E-state index in [4.69, 9.17) is 0 Å². The number of hydrogen-bond acceptors (Lipinski definition) is 4. The number of amides is 4. The molecule has 8 heteroatoms. The number of hydrogen-bond donors (Lipinski definition) is 2. The molecule has 3 rings (SSSR count). The number of urea groups is 1. The van der Waals surface area contributed by atoms with Crippen LogP contribution in [0.4, 0.5) is 4.79 Å². The maximum absolute atomic E-state index is 12.5. The summed E-state index contributed by atoms with van der Waals surface area (Å²) >= 11 is 0. The van der Waals surface area contributed by atoms with E-state index in [1.54, 1.807) is 11.8 Å². The van der Waals surface area contributed by atoms with Crippen molar-refractivity contribution in [2.75, 3.05) is 26.2 Å². The Labute approximate surface area is 136 Å². The fourth-order valence-electron chi connectivity index (χ4n) is 3.23. The van der Waals surface area contributed by atoms with Gasteiger partial charge in [-0.3, -0.25) is 14.5 Å². The van der Waals surface area contributed by atoms with Crippen molar-refractivity contribution in [3.05, 3.63) is 0 Å². The van der Waals surface area contributed by atoms with Crippen LogP contribution in [0.2, 0.25) is 0 Å². The lowest BCUT2D eigenvalue weighted by molar-refractivity contribution is -0.140. The highest BCUT2D eigenvalue weighted by Gasteiger charge is 2.56. The Morgan fingerprint density at radius 3 is 2.64 bits per heavy atom. The lowest BCUT2D eigenvalue weighted by atomic mass is 9.96. The lowest BCUT2D eigenvalue weighted by Gasteiger charge is -2.34. The van der Waals surface area contributed by atoms with Gasteiger partial charge in [0.1, 0.15) is 12.1 Å². The molecule has 0 aromatic carbocycles. The molecule has 1 unspecified atom stereocenters. The highest BCUT2D eigenvalue weighted by Crippen LogP contribution is 2.42. The molecule has 0 radical (unpaired) electrons. The molecule has 124 valence electrons. The molecule has 2 N–H and O–H groups in total. The normalized spacial score (nSPS) is 31.8. The zero-order valence-electron chi connectivity index (χ0n) is 12.9. The van der Waals surface area contributed by atoms with Crippen LogP contribution in [0, 0.1) is 5.92 Å². The van der Waals surface area contributed by atoms with Gasteiger partial charge in [-0.05, 0) is 32.6 Å². The molecule has 3 aliphatic rings. The highest BCUT2D eigenvalue weighted by molar-refractivity contribution is 6.09. The van der Waals surface area contributed by atoms with Crippen LogP contribution in [0.5, 0.6) is 0 Å². The van der Waals surface area contributed by atoms with E-state index in [1.807, 2.05) is 6.92 Å². The Kier molecular flexibility index (Phi) is 4.67. The maximum atomic E-state index is 12.5. The molecule has 1 aliphatic carbocycles. The van der Waals surface area contributed by atoms with E-state index in [-0.39, 0.29) is 42.7 Å². The minimum atomic E-state index is -0.813. The molecule has 0 bridgehead atoms. The number of nitrogens with one attached hydrogen (secondary N) is 2. The van der Waals surface area contributed by atoms with Gasteiger partial charge in [0, 0.05) is 25.7 Å². The van der Waals surface area contributed by atoms with Gasteiger partial charge in [-0.25, -0.2) is 4.79 Å². The number of rotatable bonds is 3. The van der Waals surface area contributed by atoms with Crippen molar-refractivity contribution in [2.24, 2.45) is 5.92 Å². The summed E-state index contributed by atoms with van der Waals surface area (Å²) in [4.78, 5) is 39.7. The van der Waals surface area contributed by atoms with Crippen LogP contribution in [-0.4, -0.2) is 65.4 Å². The van der Waals surface area contributed by atoms with E-state index < -0.39 is 11.6 Å². The van der Waals surface area contributed by atoms with Crippen LogP contribution < -0.4 is 10.6 Å². The van der Waals surface area contributed by atoms with Crippen LogP contribution in [0.15, 0.2) is 0 Å². The molecule has 0 spiro atoms. The smallest absolute Gasteiger partial charge is 0.325 e. The van der Waals surface area contributed by atoms with Crippen molar-refractivity contribution >= 4 is 30.3 Å². The summed E-state index contributed by atoms with van der Waals surface area (Å²) in [5.41, 5.74) is -0.813. The van der Waals surface area contributed by atoms with E-state index in [0.29, 0.717) is 6.54 Å². The zero-order valence-corrected chi connectivity index (χ0v) is 13.7. The third-order valence-corrected chi connectivity index (χ3v) is 4.81. The van der Waals surface area contributed by atoms with E-state index in [9.17, 15) is 14.4 Å². The minimum Gasteiger partial charge on any atom is -0.336 e. The first-order chi connectivity index (χ1) is 9.93. The zero-order chi connectivity index (χ0) is 15.2. The Hall–Kier alpha value is -1.34. The third kappa shape index (κ3) is 2.79. The highest BCUT2D eigenvalue weighted by atomic mass is 35.5. The van der Waals surface area contributed by atoms with Gasteiger partial charge in [0.25, 0.3) is 5.91 Å². The Balaban J connectivity index is 0.00000176. The molecule has 2 heterocycles. The number of nitrogens with zero attached hydrogens (tertiary/aromatic N) is 2. The molecule has 0 aromatic heterocycles. The first-order valence-electron chi connectivity index (χ1n) is 7.58. The molecule has 7 nitrogen and oxygen atoms in total. The monoisotopic (exact) mass is 330 g/mol. The minimum absolute atomic E-state index is 0. The van der Waals surface area contributed by atoms with Gasteiger partial charge >= 0.3 is 6.03 Å². The summed E-state index contributed by atoms with van der Waals surface area (Å²) in [6, 6.07) is -0.354. The van der Waals surface area contributed by atoms with Crippen LogP contribution in [-0.2, 0) is 9.59 Å². The van der Waals surface area contributed by atoms with Gasteiger partial charge in [0.05, 0.1) is 0 Å². The number of piperazine rings is 1. The van der Waals surface area contributed by atoms with E-state index in [0.717, 1.165) is 30.8 Å². The predicted octanol–water partition coefficient (Wildman–Crippen LogP) is -0.0510. The summed E-state index contributed by atoms with van der Waals surface area (Å²) in [7, 11) is 0. The summed E-state index contributed by atoms with van der Waals surface area (Å²) in [5, 5.41) is 5.98. The lowest BCUT2D eigenvalue weighted by Crippen LogP contribution is -2.55. The molecular formula is C14H23ClN4O3. The van der Waals surface area contributed by atoms with Crippen LogP contribution in [0.3, 0.4) is 0 Å². The van der Waals surface area contributed by atoms with E-state index >= 15 is 0 Å². The number of halogens is 1. The van der Waals surface area contributed by atoms with Crippen LogP contribution in [0.25, 0.3) is 0 Å². The Morgan fingerprint density at radius 1 is 1.36 bits per heavy atom. The second-order valence-corrected chi connectivity index (χ2v) is 6.44. The molecule has 2 saturated heterocycles. The van der Waals surface area contributed by atoms with Crippen molar-refractivity contribution in [3.8, 4) is 0 Å². The van der Waals surface area contributed by atoms with Gasteiger partial charge in [0.15, 0.2) is 0 Å². The first-order valence-corrected chi connectivity index (χ1v) is 7.58. The van der Waals surface area contributed by atoms with Gasteiger partial charge in [-0.2, -0.15) is 0 Å². The number of carbonyl (C=O) groups is 3. The molecule has 2 aliphatic heterocycles. The van der Waals surface area contributed by atoms with Crippen LogP contribution >= 0.6 is 12.4 Å². The van der Waals surface area contributed by atoms with E-state index in [1.165, 1.54) is 0 Å². The van der Waals surface area contributed by atoms with Crippen molar-refractivity contribution in [1.29, 1.82) is 0 Å². The fourth-order valence-corrected chi connectivity index (χ4v) is 3.23. The summed E-state index contributed by atoms with van der Waals surface area (Å²) in [6.07, 6.45) is 1.91. The van der Waals surface area contributed by atoms with Gasteiger partial charge in [-0.15, -0.1) is 12.4 Å². The molecule has 3 fully saturated rings. The molecule has 1 saturated carbocycles. The first kappa shape index (κ1) is 17.0. The predicted molar refractivity (Wildman–Crippen MR) is 82.7 cm³/mol. The fraction of sp³-hybridized carbons (Fsp3) is 0.786. The molecule has 2 atom stereocenters. The number of carbonyl (C=O) groups excluding carboxylic acids is 3. The van der Waals surface area contributed by atoms with Gasteiger partial charge in [-0.1, -0.05) is 0 Å². The average molecular weight is 331 g/mol. The molecular weight excluding hydrogens is 308 g/mol. The molecule has 22 heavy (non-hydrogen) atoms.